The third-order valence-electron chi connectivity index (χ3n) is 2.69. The molecule has 0 amide bonds. The molecule has 0 bridgehead atoms. The first-order chi connectivity index (χ1) is 7.97. The maximum Gasteiger partial charge on any atom is 0.240 e. The van der Waals surface area contributed by atoms with Crippen LogP contribution in [0, 0.1) is 0 Å². The maximum atomic E-state index is 11.2. The van der Waals surface area contributed by atoms with Crippen LogP contribution in [0.3, 0.4) is 0 Å². The van der Waals surface area contributed by atoms with Crippen molar-refractivity contribution >= 4 is 21.4 Å². The van der Waals surface area contributed by atoms with Crippen LogP contribution in [0.4, 0.5) is 11.4 Å². The number of rotatable bonds is 3. The van der Waals surface area contributed by atoms with Crippen LogP contribution in [0.15, 0.2) is 35.2 Å². The van der Waals surface area contributed by atoms with E-state index in [-0.39, 0.29) is 10.6 Å². The van der Waals surface area contributed by atoms with Crippen LogP contribution in [0.1, 0.15) is 12.8 Å². The summed E-state index contributed by atoms with van der Waals surface area (Å²) >= 11 is 0. The van der Waals surface area contributed by atoms with Gasteiger partial charge in [-0.1, -0.05) is 12.2 Å². The van der Waals surface area contributed by atoms with Crippen molar-refractivity contribution in [1.82, 2.24) is 0 Å². The van der Waals surface area contributed by atoms with Crippen molar-refractivity contribution in [2.75, 3.05) is 11.1 Å². The Bertz CT molecular complexity index is 544. The van der Waals surface area contributed by atoms with Crippen molar-refractivity contribution in [3.8, 4) is 0 Å². The van der Waals surface area contributed by atoms with E-state index in [2.05, 4.69) is 17.5 Å². The molecule has 0 heterocycles. The number of benzene rings is 1. The highest BCUT2D eigenvalue weighted by molar-refractivity contribution is 7.89. The normalized spacial score (nSPS) is 16.3. The van der Waals surface area contributed by atoms with Crippen LogP contribution in [-0.2, 0) is 10.0 Å². The number of nitrogens with one attached hydrogen (secondary N) is 1. The molecular weight excluding hydrogens is 238 g/mol. The summed E-state index contributed by atoms with van der Waals surface area (Å²) in [5, 5.41) is 8.32. The lowest BCUT2D eigenvalue weighted by Gasteiger charge is -2.14. The molecule has 0 saturated carbocycles. The summed E-state index contributed by atoms with van der Waals surface area (Å²) in [7, 11) is -3.74. The minimum absolute atomic E-state index is 0.0346. The molecular formula is C11H15N3O2S. The summed E-state index contributed by atoms with van der Waals surface area (Å²) in [4.78, 5) is -0.0346. The van der Waals surface area contributed by atoms with E-state index in [9.17, 15) is 8.42 Å². The van der Waals surface area contributed by atoms with Crippen LogP contribution in [-0.4, -0.2) is 14.5 Å². The van der Waals surface area contributed by atoms with E-state index in [1.165, 1.54) is 6.07 Å². The summed E-state index contributed by atoms with van der Waals surface area (Å²) in [6.07, 6.45) is 6.16. The number of primary sulfonamides is 1. The van der Waals surface area contributed by atoms with E-state index in [1.54, 1.807) is 12.1 Å². The van der Waals surface area contributed by atoms with E-state index in [1.807, 2.05) is 0 Å². The predicted molar refractivity (Wildman–Crippen MR) is 68.0 cm³/mol. The van der Waals surface area contributed by atoms with Crippen molar-refractivity contribution in [3.63, 3.8) is 0 Å². The van der Waals surface area contributed by atoms with Gasteiger partial charge in [0.05, 0.1) is 5.69 Å². The Morgan fingerprint density at radius 2 is 1.88 bits per heavy atom. The Hall–Kier alpha value is -1.53. The molecule has 0 aliphatic heterocycles. The quantitative estimate of drug-likeness (QED) is 0.554. The first-order valence-electron chi connectivity index (χ1n) is 5.30. The second kappa shape index (κ2) is 4.38. The smallest absolute Gasteiger partial charge is 0.240 e. The van der Waals surface area contributed by atoms with Gasteiger partial charge in [-0.25, -0.2) is 13.6 Å². The molecule has 5 N–H and O–H groups in total. The number of nitrogen functional groups attached to an aromatic ring is 1. The third kappa shape index (κ3) is 2.78. The monoisotopic (exact) mass is 253 g/mol. The highest BCUT2D eigenvalue weighted by Crippen LogP contribution is 2.23. The fraction of sp³-hybridized carbons (Fsp3) is 0.273. The number of hydrogen-bond donors (Lipinski definition) is 3. The Morgan fingerprint density at radius 3 is 2.41 bits per heavy atom. The molecule has 0 radical (unpaired) electrons. The van der Waals surface area contributed by atoms with E-state index in [4.69, 9.17) is 10.9 Å². The number of anilines is 2. The lowest BCUT2D eigenvalue weighted by atomic mass is 10.2. The van der Waals surface area contributed by atoms with Crippen LogP contribution in [0.25, 0.3) is 0 Å². The summed E-state index contributed by atoms with van der Waals surface area (Å²) in [6, 6.07) is 5.05. The Kier molecular flexibility index (Phi) is 3.08. The van der Waals surface area contributed by atoms with Crippen LogP contribution in [0.2, 0.25) is 0 Å². The first kappa shape index (κ1) is 11.9. The molecule has 0 unspecified atom stereocenters. The predicted octanol–water partition coefficient (Wildman–Crippen LogP) is 1.05. The fourth-order valence-corrected chi connectivity index (χ4v) is 2.51. The van der Waals surface area contributed by atoms with Crippen molar-refractivity contribution in [2.45, 2.75) is 23.8 Å². The van der Waals surface area contributed by atoms with Crippen molar-refractivity contribution in [2.24, 2.45) is 5.14 Å². The molecule has 92 valence electrons. The van der Waals surface area contributed by atoms with Gasteiger partial charge in [-0.15, -0.1) is 0 Å². The minimum atomic E-state index is -3.74. The average Bonchev–Trinajstić information content (AvgIpc) is 2.68. The van der Waals surface area contributed by atoms with Gasteiger partial charge in [0.1, 0.15) is 4.90 Å². The van der Waals surface area contributed by atoms with Gasteiger partial charge >= 0.3 is 0 Å². The molecule has 0 atom stereocenters. The standard InChI is InChI=1S/C11H15N3O2S/c12-10-7-9(14-8-3-1-2-4-8)5-6-11(10)17(13,15)16/h1-2,5-8,14H,3-4,12H2,(H2,13,15,16). The zero-order valence-corrected chi connectivity index (χ0v) is 10.1. The largest absolute Gasteiger partial charge is 0.398 e. The van der Waals surface area contributed by atoms with Gasteiger partial charge in [0, 0.05) is 11.7 Å². The molecule has 2 rings (SSSR count). The second-order valence-corrected chi connectivity index (χ2v) is 5.61. The van der Waals surface area contributed by atoms with Gasteiger partial charge < -0.3 is 11.1 Å². The molecule has 1 aromatic carbocycles. The Balaban J connectivity index is 2.19. The SMILES string of the molecule is Nc1cc(NC2CC=CC2)ccc1S(N)(=O)=O. The topological polar surface area (TPSA) is 98.2 Å². The van der Waals surface area contributed by atoms with Gasteiger partial charge in [-0.3, -0.25) is 0 Å². The van der Waals surface area contributed by atoms with E-state index < -0.39 is 10.0 Å². The van der Waals surface area contributed by atoms with Gasteiger partial charge in [0.15, 0.2) is 0 Å². The Morgan fingerprint density at radius 1 is 1.24 bits per heavy atom. The van der Waals surface area contributed by atoms with Gasteiger partial charge in [-0.2, -0.15) is 0 Å². The summed E-state index contributed by atoms with van der Waals surface area (Å²) in [5.74, 6) is 0. The van der Waals surface area contributed by atoms with Crippen LogP contribution in [0.5, 0.6) is 0 Å². The Labute approximate surface area is 101 Å². The molecule has 1 aliphatic rings. The molecule has 0 aromatic heterocycles. The van der Waals surface area contributed by atoms with Crippen LogP contribution < -0.4 is 16.2 Å². The van der Waals surface area contributed by atoms with Crippen molar-refractivity contribution in [3.05, 3.63) is 30.4 Å². The molecule has 17 heavy (non-hydrogen) atoms. The maximum absolute atomic E-state index is 11.2. The van der Waals surface area contributed by atoms with E-state index in [0.717, 1.165) is 18.5 Å². The summed E-state index contributed by atoms with van der Waals surface area (Å²) < 4.78 is 22.4. The zero-order valence-electron chi connectivity index (χ0n) is 9.26. The summed E-state index contributed by atoms with van der Waals surface area (Å²) in [6.45, 7) is 0. The van der Waals surface area contributed by atoms with Gasteiger partial charge in [0.2, 0.25) is 10.0 Å². The molecule has 0 saturated heterocycles. The number of nitrogens with two attached hydrogens (primary N) is 2. The average molecular weight is 253 g/mol. The molecule has 1 aliphatic carbocycles. The van der Waals surface area contributed by atoms with E-state index in [0.29, 0.717) is 6.04 Å². The number of hydrogen-bond acceptors (Lipinski definition) is 4. The second-order valence-electron chi connectivity index (χ2n) is 4.08. The lowest BCUT2D eigenvalue weighted by molar-refractivity contribution is 0.598. The number of sulfonamides is 1. The fourth-order valence-electron chi connectivity index (χ4n) is 1.87. The zero-order chi connectivity index (χ0) is 12.5. The minimum Gasteiger partial charge on any atom is -0.398 e. The third-order valence-corrected chi connectivity index (χ3v) is 3.68. The van der Waals surface area contributed by atoms with Crippen molar-refractivity contribution < 1.29 is 8.42 Å². The van der Waals surface area contributed by atoms with Gasteiger partial charge in [-0.05, 0) is 31.0 Å². The lowest BCUT2D eigenvalue weighted by Crippen LogP contribution is -2.17. The van der Waals surface area contributed by atoms with Crippen LogP contribution >= 0.6 is 0 Å². The molecule has 1 aromatic rings. The van der Waals surface area contributed by atoms with Gasteiger partial charge in [0.25, 0.3) is 0 Å². The molecule has 5 nitrogen and oxygen atoms in total. The first-order valence-corrected chi connectivity index (χ1v) is 6.85. The molecule has 0 fully saturated rings. The van der Waals surface area contributed by atoms with E-state index >= 15 is 0 Å². The highest BCUT2D eigenvalue weighted by Gasteiger charge is 2.14. The van der Waals surface area contributed by atoms with Crippen molar-refractivity contribution in [1.29, 1.82) is 0 Å². The molecule has 0 spiro atoms. The summed E-state index contributed by atoms with van der Waals surface area (Å²) in [5.41, 5.74) is 6.65. The molecule has 6 heteroatoms. The highest BCUT2D eigenvalue weighted by atomic mass is 32.2.